The van der Waals surface area contributed by atoms with Gasteiger partial charge in [-0.2, -0.15) is 0 Å². The molecule has 1 heterocycles. The van der Waals surface area contributed by atoms with Crippen LogP contribution in [0.5, 0.6) is 0 Å². The number of likely N-dealkylation sites (N-methyl/N-ethyl adjacent to an activating group) is 1. The lowest BCUT2D eigenvalue weighted by molar-refractivity contribution is -0.135. The molecule has 1 N–H and O–H groups in total. The van der Waals surface area contributed by atoms with E-state index in [4.69, 9.17) is 0 Å². The summed E-state index contributed by atoms with van der Waals surface area (Å²) >= 11 is 3.46. The van der Waals surface area contributed by atoms with Gasteiger partial charge in [0.15, 0.2) is 0 Å². The van der Waals surface area contributed by atoms with E-state index in [0.717, 1.165) is 15.6 Å². The molecule has 2 aromatic carbocycles. The van der Waals surface area contributed by atoms with Crippen molar-refractivity contribution in [2.75, 3.05) is 18.9 Å². The number of halogens is 2. The predicted octanol–water partition coefficient (Wildman–Crippen LogP) is 3.71. The molecule has 130 valence electrons. The van der Waals surface area contributed by atoms with E-state index < -0.39 is 17.6 Å². The van der Waals surface area contributed by atoms with Crippen molar-refractivity contribution < 1.29 is 14.0 Å². The van der Waals surface area contributed by atoms with Crippen LogP contribution >= 0.6 is 15.9 Å². The average molecular weight is 405 g/mol. The van der Waals surface area contributed by atoms with Crippen LogP contribution < -0.4 is 5.32 Å². The van der Waals surface area contributed by atoms with Crippen molar-refractivity contribution in [1.29, 1.82) is 0 Å². The highest BCUT2D eigenvalue weighted by molar-refractivity contribution is 9.10. The molecule has 0 spiro atoms. The van der Waals surface area contributed by atoms with Crippen molar-refractivity contribution in [2.45, 2.75) is 12.8 Å². The van der Waals surface area contributed by atoms with E-state index in [0.29, 0.717) is 6.54 Å². The number of para-hydroxylation sites is 1. The number of nitrogens with zero attached hydrogens (tertiary/aromatic N) is 1. The van der Waals surface area contributed by atoms with E-state index in [-0.39, 0.29) is 17.5 Å². The second-order valence-electron chi connectivity index (χ2n) is 6.28. The van der Waals surface area contributed by atoms with Crippen LogP contribution in [0.15, 0.2) is 46.9 Å². The molecule has 0 bridgehead atoms. The standard InChI is InChI=1S/C19H18BrFN2O2/c1-11-9-12(7-8-14(11)20)13-10-23(2)19(25)17(13)18(24)22-16-6-4-3-5-15(16)21/h3-9,13,17H,10H2,1-2H3,(H,22,24)/t13-,17+/m1/s1. The second kappa shape index (κ2) is 6.96. The van der Waals surface area contributed by atoms with E-state index in [1.807, 2.05) is 25.1 Å². The van der Waals surface area contributed by atoms with Crippen LogP contribution in [0.4, 0.5) is 10.1 Å². The largest absolute Gasteiger partial charge is 0.344 e. The Labute approximate surface area is 154 Å². The lowest BCUT2D eigenvalue weighted by Crippen LogP contribution is -2.33. The molecule has 25 heavy (non-hydrogen) atoms. The number of carbonyl (C=O) groups is 2. The van der Waals surface area contributed by atoms with Gasteiger partial charge in [-0.05, 0) is 36.2 Å². The Balaban J connectivity index is 1.90. The number of aryl methyl sites for hydroxylation is 1. The van der Waals surface area contributed by atoms with Crippen LogP contribution in [-0.4, -0.2) is 30.3 Å². The summed E-state index contributed by atoms with van der Waals surface area (Å²) in [7, 11) is 1.68. The van der Waals surface area contributed by atoms with Crippen molar-refractivity contribution in [3.05, 3.63) is 63.9 Å². The lowest BCUT2D eigenvalue weighted by Gasteiger charge is -2.18. The number of hydrogen-bond acceptors (Lipinski definition) is 2. The van der Waals surface area contributed by atoms with Crippen molar-refractivity contribution >= 4 is 33.4 Å². The van der Waals surface area contributed by atoms with Crippen LogP contribution in [0.3, 0.4) is 0 Å². The summed E-state index contributed by atoms with van der Waals surface area (Å²) < 4.78 is 14.8. The molecule has 1 aliphatic rings. The Morgan fingerprint density at radius 1 is 1.28 bits per heavy atom. The van der Waals surface area contributed by atoms with Crippen LogP contribution in [0.1, 0.15) is 17.0 Å². The number of nitrogens with one attached hydrogen (secondary N) is 1. The molecule has 0 aromatic heterocycles. The number of amides is 2. The molecular weight excluding hydrogens is 387 g/mol. The number of anilines is 1. The van der Waals surface area contributed by atoms with Crippen LogP contribution in [0.25, 0.3) is 0 Å². The SMILES string of the molecule is Cc1cc([C@H]2CN(C)C(=O)[C@@H]2C(=O)Nc2ccccc2F)ccc1Br. The first kappa shape index (κ1) is 17.6. The highest BCUT2D eigenvalue weighted by Gasteiger charge is 2.44. The molecule has 2 aromatic rings. The highest BCUT2D eigenvalue weighted by Crippen LogP contribution is 2.35. The molecule has 6 heteroatoms. The van der Waals surface area contributed by atoms with E-state index in [1.165, 1.54) is 12.1 Å². The second-order valence-corrected chi connectivity index (χ2v) is 7.13. The van der Waals surface area contributed by atoms with Crippen molar-refractivity contribution in [1.82, 2.24) is 4.90 Å². The maximum Gasteiger partial charge on any atom is 0.237 e. The number of carbonyl (C=O) groups excluding carboxylic acids is 2. The van der Waals surface area contributed by atoms with Crippen LogP contribution in [0, 0.1) is 18.7 Å². The summed E-state index contributed by atoms with van der Waals surface area (Å²) in [6.07, 6.45) is 0. The van der Waals surface area contributed by atoms with E-state index >= 15 is 0 Å². The van der Waals surface area contributed by atoms with Gasteiger partial charge in [-0.1, -0.05) is 40.2 Å². The molecule has 0 radical (unpaired) electrons. The van der Waals surface area contributed by atoms with Gasteiger partial charge in [-0.25, -0.2) is 4.39 Å². The lowest BCUT2D eigenvalue weighted by atomic mass is 9.87. The van der Waals surface area contributed by atoms with Gasteiger partial charge in [0.05, 0.1) is 5.69 Å². The molecule has 3 rings (SSSR count). The Bertz CT molecular complexity index is 840. The Hall–Kier alpha value is -2.21. The smallest absolute Gasteiger partial charge is 0.237 e. The molecular formula is C19H18BrFN2O2. The minimum atomic E-state index is -0.870. The summed E-state index contributed by atoms with van der Waals surface area (Å²) in [6.45, 7) is 2.41. The molecule has 4 nitrogen and oxygen atoms in total. The zero-order valence-corrected chi connectivity index (χ0v) is 15.5. The summed E-state index contributed by atoms with van der Waals surface area (Å²) in [5.74, 6) is -2.39. The van der Waals surface area contributed by atoms with Gasteiger partial charge in [0.2, 0.25) is 11.8 Å². The van der Waals surface area contributed by atoms with Gasteiger partial charge in [0, 0.05) is 24.0 Å². The normalized spacial score (nSPS) is 20.0. The quantitative estimate of drug-likeness (QED) is 0.792. The first-order chi connectivity index (χ1) is 11.9. The van der Waals surface area contributed by atoms with Gasteiger partial charge in [-0.3, -0.25) is 9.59 Å². The topological polar surface area (TPSA) is 49.4 Å². The third-order valence-electron chi connectivity index (χ3n) is 4.54. The molecule has 0 saturated carbocycles. The fourth-order valence-corrected chi connectivity index (χ4v) is 3.41. The van der Waals surface area contributed by atoms with Crippen LogP contribution in [-0.2, 0) is 9.59 Å². The van der Waals surface area contributed by atoms with Crippen LogP contribution in [0.2, 0.25) is 0 Å². The van der Waals surface area contributed by atoms with Crippen molar-refractivity contribution in [3.63, 3.8) is 0 Å². The van der Waals surface area contributed by atoms with E-state index in [2.05, 4.69) is 21.2 Å². The number of benzene rings is 2. The summed E-state index contributed by atoms with van der Waals surface area (Å²) in [5, 5.41) is 2.56. The number of likely N-dealkylation sites (tertiary alicyclic amines) is 1. The molecule has 0 unspecified atom stereocenters. The number of hydrogen-bond donors (Lipinski definition) is 1. The first-order valence-electron chi connectivity index (χ1n) is 7.95. The zero-order chi connectivity index (χ0) is 18.1. The summed E-state index contributed by atoms with van der Waals surface area (Å²) in [6, 6.07) is 11.7. The maximum atomic E-state index is 13.8. The monoisotopic (exact) mass is 404 g/mol. The van der Waals surface area contributed by atoms with Gasteiger partial charge in [0.1, 0.15) is 11.7 Å². The zero-order valence-electron chi connectivity index (χ0n) is 13.9. The fourth-order valence-electron chi connectivity index (χ4n) is 3.16. The highest BCUT2D eigenvalue weighted by atomic mass is 79.9. The van der Waals surface area contributed by atoms with E-state index in [9.17, 15) is 14.0 Å². The Kier molecular flexibility index (Phi) is 4.90. The first-order valence-corrected chi connectivity index (χ1v) is 8.74. The fraction of sp³-hybridized carbons (Fsp3) is 0.263. The van der Waals surface area contributed by atoms with Gasteiger partial charge in [-0.15, -0.1) is 0 Å². The third-order valence-corrected chi connectivity index (χ3v) is 5.43. The molecule has 1 aliphatic heterocycles. The van der Waals surface area contributed by atoms with Crippen molar-refractivity contribution in [3.8, 4) is 0 Å². The summed E-state index contributed by atoms with van der Waals surface area (Å²) in [4.78, 5) is 26.8. The maximum absolute atomic E-state index is 13.8. The Morgan fingerprint density at radius 2 is 2.00 bits per heavy atom. The molecule has 0 aliphatic carbocycles. The molecule has 1 fully saturated rings. The Morgan fingerprint density at radius 3 is 2.68 bits per heavy atom. The molecule has 1 saturated heterocycles. The molecule has 2 amide bonds. The number of rotatable bonds is 3. The van der Waals surface area contributed by atoms with Crippen molar-refractivity contribution in [2.24, 2.45) is 5.92 Å². The average Bonchev–Trinajstić information content (AvgIpc) is 2.87. The van der Waals surface area contributed by atoms with E-state index in [1.54, 1.807) is 24.1 Å². The predicted molar refractivity (Wildman–Crippen MR) is 97.8 cm³/mol. The minimum Gasteiger partial charge on any atom is -0.344 e. The summed E-state index contributed by atoms with van der Waals surface area (Å²) in [5.41, 5.74) is 2.04. The molecule has 2 atom stereocenters. The van der Waals surface area contributed by atoms with Gasteiger partial charge in [0.25, 0.3) is 0 Å². The van der Waals surface area contributed by atoms with Gasteiger partial charge < -0.3 is 10.2 Å². The van der Waals surface area contributed by atoms with Gasteiger partial charge >= 0.3 is 0 Å². The third kappa shape index (κ3) is 3.44. The minimum absolute atomic E-state index is 0.0839.